The lowest BCUT2D eigenvalue weighted by atomic mass is 10.1. The molecule has 5 rings (SSSR count). The van der Waals surface area contributed by atoms with E-state index >= 15 is 0 Å². The normalized spacial score (nSPS) is 15.5. The number of thiazole rings is 1. The minimum absolute atomic E-state index is 0.262. The number of hydrogen-bond donors (Lipinski definition) is 1. The van der Waals surface area contributed by atoms with Crippen LogP contribution in [0.3, 0.4) is 0 Å². The van der Waals surface area contributed by atoms with Crippen molar-refractivity contribution in [3.8, 4) is 17.3 Å². The first-order chi connectivity index (χ1) is 16.9. The van der Waals surface area contributed by atoms with Crippen molar-refractivity contribution in [1.29, 1.82) is 5.26 Å². The summed E-state index contributed by atoms with van der Waals surface area (Å²) in [5, 5.41) is 15.9. The molecule has 1 fully saturated rings. The summed E-state index contributed by atoms with van der Waals surface area (Å²) in [6.07, 6.45) is 0.328. The van der Waals surface area contributed by atoms with E-state index in [0.717, 1.165) is 21.6 Å². The van der Waals surface area contributed by atoms with Gasteiger partial charge < -0.3 is 20.3 Å². The third-order valence-corrected chi connectivity index (χ3v) is 7.72. The van der Waals surface area contributed by atoms with E-state index in [1.54, 1.807) is 16.6 Å². The lowest BCUT2D eigenvalue weighted by molar-refractivity contribution is 0.117. The van der Waals surface area contributed by atoms with Gasteiger partial charge in [-0.1, -0.05) is 29.6 Å². The Labute approximate surface area is 208 Å². The van der Waals surface area contributed by atoms with E-state index in [1.165, 1.54) is 34.8 Å². The molecule has 180 valence electrons. The lowest BCUT2D eigenvalue weighted by Gasteiger charge is -2.16. The number of primary amides is 1. The van der Waals surface area contributed by atoms with Crippen molar-refractivity contribution in [3.63, 3.8) is 0 Å². The SMILES string of the molecule is CCc1nc2sc(N3CCC(OC(N)=O)C3)nn2c1N(C)c1nc(-c2ccc(F)cc2)c(C#N)s1. The fourth-order valence-electron chi connectivity index (χ4n) is 4.05. The van der Waals surface area contributed by atoms with Crippen LogP contribution in [0.2, 0.25) is 0 Å². The number of rotatable bonds is 6. The summed E-state index contributed by atoms with van der Waals surface area (Å²) < 4.78 is 20.3. The van der Waals surface area contributed by atoms with Gasteiger partial charge in [0.05, 0.1) is 12.2 Å². The van der Waals surface area contributed by atoms with Gasteiger partial charge in [0, 0.05) is 25.6 Å². The summed E-state index contributed by atoms with van der Waals surface area (Å²) in [6, 6.07) is 8.13. The lowest BCUT2D eigenvalue weighted by Crippen LogP contribution is -2.27. The second kappa shape index (κ2) is 9.12. The molecule has 35 heavy (non-hydrogen) atoms. The molecule has 4 aromatic rings. The highest BCUT2D eigenvalue weighted by Gasteiger charge is 2.29. The van der Waals surface area contributed by atoms with Gasteiger partial charge in [0.25, 0.3) is 0 Å². The molecule has 13 heteroatoms. The van der Waals surface area contributed by atoms with Crippen LogP contribution in [0, 0.1) is 17.1 Å². The van der Waals surface area contributed by atoms with E-state index in [1.807, 2.05) is 23.8 Å². The molecule has 0 aliphatic carbocycles. The third-order valence-electron chi connectivity index (χ3n) is 5.71. The number of nitrogens with zero attached hydrogens (tertiary/aromatic N) is 7. The zero-order valence-corrected chi connectivity index (χ0v) is 20.6. The van der Waals surface area contributed by atoms with Crippen molar-refractivity contribution in [2.24, 2.45) is 5.73 Å². The average molecular weight is 513 g/mol. The number of amides is 1. The number of halogens is 1. The van der Waals surface area contributed by atoms with Crippen molar-refractivity contribution < 1.29 is 13.9 Å². The van der Waals surface area contributed by atoms with E-state index < -0.39 is 6.09 Å². The van der Waals surface area contributed by atoms with Crippen LogP contribution in [-0.4, -0.2) is 51.9 Å². The molecule has 0 spiro atoms. The molecule has 0 saturated carbocycles. The summed E-state index contributed by atoms with van der Waals surface area (Å²) in [6.45, 7) is 3.23. The molecule has 1 aromatic carbocycles. The molecule has 3 aromatic heterocycles. The van der Waals surface area contributed by atoms with Crippen LogP contribution in [0.25, 0.3) is 16.2 Å². The maximum atomic E-state index is 13.4. The highest BCUT2D eigenvalue weighted by atomic mass is 32.1. The molecule has 4 heterocycles. The highest BCUT2D eigenvalue weighted by Crippen LogP contribution is 2.38. The Bertz CT molecular complexity index is 1440. The third kappa shape index (κ3) is 4.26. The molecule has 1 saturated heterocycles. The molecular formula is C22H21FN8O2S2. The van der Waals surface area contributed by atoms with Crippen molar-refractivity contribution in [3.05, 3.63) is 40.7 Å². The van der Waals surface area contributed by atoms with Gasteiger partial charge in [-0.2, -0.15) is 9.78 Å². The van der Waals surface area contributed by atoms with Crippen LogP contribution >= 0.6 is 22.7 Å². The number of carbonyl (C=O) groups excluding carboxylic acids is 1. The summed E-state index contributed by atoms with van der Waals surface area (Å²) in [4.78, 5) is 25.7. The van der Waals surface area contributed by atoms with Crippen molar-refractivity contribution >= 4 is 49.8 Å². The monoisotopic (exact) mass is 512 g/mol. The van der Waals surface area contributed by atoms with E-state index in [-0.39, 0.29) is 11.9 Å². The predicted molar refractivity (Wildman–Crippen MR) is 132 cm³/mol. The van der Waals surface area contributed by atoms with Gasteiger partial charge in [-0.05, 0) is 30.7 Å². The van der Waals surface area contributed by atoms with Gasteiger partial charge in [-0.3, -0.25) is 0 Å². The molecule has 2 N–H and O–H groups in total. The van der Waals surface area contributed by atoms with E-state index in [2.05, 4.69) is 6.07 Å². The average Bonchev–Trinajstić information content (AvgIpc) is 3.60. The number of nitrogens with two attached hydrogens (primary N) is 1. The number of aromatic nitrogens is 4. The Morgan fingerprint density at radius 3 is 2.80 bits per heavy atom. The van der Waals surface area contributed by atoms with Gasteiger partial charge in [-0.25, -0.2) is 19.2 Å². The first-order valence-electron chi connectivity index (χ1n) is 10.9. The van der Waals surface area contributed by atoms with E-state index in [0.29, 0.717) is 47.2 Å². The zero-order valence-electron chi connectivity index (χ0n) is 18.9. The molecule has 0 radical (unpaired) electrons. The summed E-state index contributed by atoms with van der Waals surface area (Å²) >= 11 is 2.71. The van der Waals surface area contributed by atoms with Crippen LogP contribution in [0.5, 0.6) is 0 Å². The maximum absolute atomic E-state index is 13.4. The molecular weight excluding hydrogens is 491 g/mol. The molecule has 10 nitrogen and oxygen atoms in total. The van der Waals surface area contributed by atoms with Crippen LogP contribution < -0.4 is 15.5 Å². The van der Waals surface area contributed by atoms with Crippen molar-refractivity contribution in [2.45, 2.75) is 25.9 Å². The number of anilines is 3. The first-order valence-corrected chi connectivity index (χ1v) is 12.5. The Morgan fingerprint density at radius 2 is 2.11 bits per heavy atom. The molecule has 1 atom stereocenters. The van der Waals surface area contributed by atoms with Gasteiger partial charge in [0.1, 0.15) is 28.6 Å². The summed E-state index contributed by atoms with van der Waals surface area (Å²) in [5.41, 5.74) is 7.19. The van der Waals surface area contributed by atoms with Crippen LogP contribution in [-0.2, 0) is 11.2 Å². The largest absolute Gasteiger partial charge is 0.444 e. The Morgan fingerprint density at radius 1 is 1.34 bits per heavy atom. The Hall–Kier alpha value is -3.76. The van der Waals surface area contributed by atoms with Crippen LogP contribution in [0.4, 0.5) is 25.3 Å². The molecule has 1 amide bonds. The van der Waals surface area contributed by atoms with E-state index in [4.69, 9.17) is 25.5 Å². The molecule has 0 bridgehead atoms. The standard InChI is InChI=1S/C22H21FN8O2S2/c1-3-15-18(29(2)20-27-17(16(10-24)34-20)12-4-6-13(23)7-5-12)31-21(26-15)35-22(28-31)30-9-8-14(11-30)33-19(25)32/h4-7,14H,3,8-9,11H2,1-2H3,(H2,25,32). The van der Waals surface area contributed by atoms with Gasteiger partial charge in [0.2, 0.25) is 10.1 Å². The number of carbonyl (C=O) groups is 1. The Balaban J connectivity index is 1.49. The number of imidazole rings is 1. The van der Waals surface area contributed by atoms with Crippen molar-refractivity contribution in [2.75, 3.05) is 29.9 Å². The van der Waals surface area contributed by atoms with Crippen molar-refractivity contribution in [1.82, 2.24) is 19.6 Å². The quantitative estimate of drug-likeness (QED) is 0.412. The molecule has 1 aliphatic heterocycles. The fraction of sp³-hybridized carbons (Fsp3) is 0.318. The zero-order chi connectivity index (χ0) is 24.7. The minimum atomic E-state index is -0.775. The summed E-state index contributed by atoms with van der Waals surface area (Å²) in [7, 11) is 1.86. The number of nitriles is 1. The van der Waals surface area contributed by atoms with Gasteiger partial charge >= 0.3 is 6.09 Å². The Kier molecular flexibility index (Phi) is 6.00. The van der Waals surface area contributed by atoms with Crippen LogP contribution in [0.15, 0.2) is 24.3 Å². The smallest absolute Gasteiger partial charge is 0.404 e. The highest BCUT2D eigenvalue weighted by molar-refractivity contribution is 7.20. The second-order valence-electron chi connectivity index (χ2n) is 7.96. The van der Waals surface area contributed by atoms with Gasteiger partial charge in [-0.15, -0.1) is 5.10 Å². The van der Waals surface area contributed by atoms with E-state index in [9.17, 15) is 14.4 Å². The number of fused-ring (bicyclic) bond motifs is 1. The topological polar surface area (TPSA) is 126 Å². The van der Waals surface area contributed by atoms with Gasteiger partial charge in [0.15, 0.2) is 10.9 Å². The minimum Gasteiger partial charge on any atom is -0.444 e. The number of ether oxygens (including phenoxy) is 1. The number of hydrogen-bond acceptors (Lipinski definition) is 10. The number of aryl methyl sites for hydroxylation is 1. The molecule has 1 unspecified atom stereocenters. The summed E-state index contributed by atoms with van der Waals surface area (Å²) in [5.74, 6) is 0.414. The van der Waals surface area contributed by atoms with Crippen LogP contribution in [0.1, 0.15) is 23.9 Å². The fourth-order valence-corrected chi connectivity index (χ4v) is 5.85. The number of benzene rings is 1. The second-order valence-corrected chi connectivity index (χ2v) is 9.87. The first kappa shape index (κ1) is 23.0. The predicted octanol–water partition coefficient (Wildman–Crippen LogP) is 3.93. The molecule has 1 aliphatic rings. The maximum Gasteiger partial charge on any atom is 0.404 e.